The van der Waals surface area contributed by atoms with Crippen LogP contribution in [0.2, 0.25) is 4.34 Å². The van der Waals surface area contributed by atoms with Crippen molar-refractivity contribution in [2.24, 2.45) is 0 Å². The second-order valence-electron chi connectivity index (χ2n) is 3.81. The van der Waals surface area contributed by atoms with Gasteiger partial charge in [-0.15, -0.1) is 22.7 Å². The van der Waals surface area contributed by atoms with Crippen LogP contribution in [0.4, 0.5) is 0 Å². The summed E-state index contributed by atoms with van der Waals surface area (Å²) in [5.41, 5.74) is 1.25. The van der Waals surface area contributed by atoms with Gasteiger partial charge in [-0.05, 0) is 37.6 Å². The third-order valence-electron chi connectivity index (χ3n) is 2.54. The molecule has 0 bridgehead atoms. The van der Waals surface area contributed by atoms with Gasteiger partial charge in [-0.1, -0.05) is 11.6 Å². The van der Waals surface area contributed by atoms with E-state index in [1.165, 1.54) is 21.8 Å². The molecule has 2 heterocycles. The Morgan fingerprint density at radius 2 is 2.06 bits per heavy atom. The summed E-state index contributed by atoms with van der Waals surface area (Å²) < 4.78 is 0.778. The average Bonchev–Trinajstić information content (AvgIpc) is 2.75. The van der Waals surface area contributed by atoms with E-state index in [1.807, 2.05) is 12.1 Å². The molecule has 0 aliphatic rings. The number of aryl methyl sites for hydroxylation is 2. The first-order chi connectivity index (χ1) is 7.56. The predicted molar refractivity (Wildman–Crippen MR) is 71.8 cm³/mol. The molecule has 0 amide bonds. The number of thiophene rings is 2. The molecule has 0 spiro atoms. The minimum absolute atomic E-state index is 0.410. The van der Waals surface area contributed by atoms with Crippen LogP contribution in [0, 0.1) is 13.8 Å². The van der Waals surface area contributed by atoms with Crippen molar-refractivity contribution in [2.75, 3.05) is 0 Å². The first kappa shape index (κ1) is 12.1. The molecule has 16 heavy (non-hydrogen) atoms. The van der Waals surface area contributed by atoms with Crippen LogP contribution in [-0.4, -0.2) is 5.11 Å². The van der Waals surface area contributed by atoms with E-state index in [0.717, 1.165) is 14.1 Å². The lowest BCUT2D eigenvalue weighted by molar-refractivity contribution is 0.183. The van der Waals surface area contributed by atoms with E-state index >= 15 is 0 Å². The van der Waals surface area contributed by atoms with Crippen molar-refractivity contribution in [3.8, 4) is 0 Å². The average molecular weight is 273 g/mol. The maximum Gasteiger partial charge on any atom is 0.0931 e. The van der Waals surface area contributed by atoms with Gasteiger partial charge >= 0.3 is 0 Å². The second-order valence-corrected chi connectivity index (χ2v) is 6.90. The van der Waals surface area contributed by atoms with Crippen LogP contribution in [0.1, 0.15) is 26.3 Å². The number of halogens is 1. The van der Waals surface area contributed by atoms with E-state index in [9.17, 15) is 5.11 Å². The highest BCUT2D eigenvalue weighted by molar-refractivity contribution is 7.16. The van der Waals surface area contributed by atoms with Crippen LogP contribution in [-0.2, 0) is 6.42 Å². The first-order valence-electron chi connectivity index (χ1n) is 5.05. The van der Waals surface area contributed by atoms with Gasteiger partial charge in [0.1, 0.15) is 0 Å². The largest absolute Gasteiger partial charge is 0.387 e. The monoisotopic (exact) mass is 272 g/mol. The van der Waals surface area contributed by atoms with Crippen molar-refractivity contribution in [3.63, 3.8) is 0 Å². The summed E-state index contributed by atoms with van der Waals surface area (Å²) in [5, 5.41) is 10.1. The number of aliphatic hydroxyl groups excluding tert-OH is 1. The minimum atomic E-state index is -0.410. The summed E-state index contributed by atoms with van der Waals surface area (Å²) >= 11 is 9.06. The van der Waals surface area contributed by atoms with Gasteiger partial charge in [0.15, 0.2) is 0 Å². The van der Waals surface area contributed by atoms with Gasteiger partial charge in [-0.25, -0.2) is 0 Å². The van der Waals surface area contributed by atoms with Crippen LogP contribution in [0.5, 0.6) is 0 Å². The molecule has 1 N–H and O–H groups in total. The molecule has 0 saturated heterocycles. The van der Waals surface area contributed by atoms with E-state index < -0.39 is 6.10 Å². The molecular weight excluding hydrogens is 260 g/mol. The molecule has 0 radical (unpaired) electrons. The molecule has 0 aliphatic heterocycles. The van der Waals surface area contributed by atoms with Gasteiger partial charge < -0.3 is 5.11 Å². The smallest absolute Gasteiger partial charge is 0.0931 e. The fraction of sp³-hybridized carbons (Fsp3) is 0.333. The van der Waals surface area contributed by atoms with Crippen molar-refractivity contribution in [3.05, 3.63) is 42.7 Å². The highest BCUT2D eigenvalue weighted by atomic mass is 35.5. The summed E-state index contributed by atoms with van der Waals surface area (Å²) in [6, 6.07) is 5.92. The van der Waals surface area contributed by atoms with Gasteiger partial charge in [-0.3, -0.25) is 0 Å². The third-order valence-corrected chi connectivity index (χ3v) is 5.04. The number of aliphatic hydroxyl groups is 1. The zero-order valence-electron chi connectivity index (χ0n) is 9.16. The van der Waals surface area contributed by atoms with E-state index in [4.69, 9.17) is 11.6 Å². The molecule has 4 heteroatoms. The van der Waals surface area contributed by atoms with Crippen LogP contribution in [0.15, 0.2) is 18.2 Å². The Morgan fingerprint density at radius 3 is 2.56 bits per heavy atom. The Hall–Kier alpha value is -0.350. The highest BCUT2D eigenvalue weighted by Gasteiger charge is 2.13. The van der Waals surface area contributed by atoms with E-state index in [-0.39, 0.29) is 0 Å². The Bertz CT molecular complexity index is 467. The standard InChI is InChI=1S/C12H13ClOS2/c1-7-5-11(15-8(7)2)10(14)6-9-3-4-12(13)16-9/h3-5,10,14H,6H2,1-2H3. The zero-order chi connectivity index (χ0) is 11.7. The lowest BCUT2D eigenvalue weighted by Crippen LogP contribution is -1.97. The van der Waals surface area contributed by atoms with Crippen molar-refractivity contribution < 1.29 is 5.11 Å². The Balaban J connectivity index is 2.11. The topological polar surface area (TPSA) is 20.2 Å². The molecule has 86 valence electrons. The van der Waals surface area contributed by atoms with Crippen LogP contribution in [0.3, 0.4) is 0 Å². The van der Waals surface area contributed by atoms with Gasteiger partial charge in [0.2, 0.25) is 0 Å². The first-order valence-corrected chi connectivity index (χ1v) is 7.06. The van der Waals surface area contributed by atoms with Crippen LogP contribution in [0.25, 0.3) is 0 Å². The molecule has 2 aromatic rings. The van der Waals surface area contributed by atoms with Crippen molar-refractivity contribution >= 4 is 34.3 Å². The number of hydrogen-bond donors (Lipinski definition) is 1. The van der Waals surface area contributed by atoms with E-state index in [2.05, 4.69) is 19.9 Å². The molecule has 1 atom stereocenters. The van der Waals surface area contributed by atoms with Gasteiger partial charge in [0.05, 0.1) is 10.4 Å². The Morgan fingerprint density at radius 1 is 1.31 bits per heavy atom. The number of rotatable bonds is 3. The van der Waals surface area contributed by atoms with Gasteiger partial charge in [0.25, 0.3) is 0 Å². The highest BCUT2D eigenvalue weighted by Crippen LogP contribution is 2.31. The maximum atomic E-state index is 10.1. The van der Waals surface area contributed by atoms with E-state index in [0.29, 0.717) is 6.42 Å². The van der Waals surface area contributed by atoms with Gasteiger partial charge in [-0.2, -0.15) is 0 Å². The maximum absolute atomic E-state index is 10.1. The summed E-state index contributed by atoms with van der Waals surface area (Å²) in [4.78, 5) is 3.44. The van der Waals surface area contributed by atoms with Crippen LogP contribution >= 0.6 is 34.3 Å². The van der Waals surface area contributed by atoms with Crippen molar-refractivity contribution in [2.45, 2.75) is 26.4 Å². The molecule has 2 rings (SSSR count). The minimum Gasteiger partial charge on any atom is -0.387 e. The molecule has 2 aromatic heterocycles. The fourth-order valence-electron chi connectivity index (χ4n) is 1.52. The van der Waals surface area contributed by atoms with Crippen molar-refractivity contribution in [1.82, 2.24) is 0 Å². The summed E-state index contributed by atoms with van der Waals surface area (Å²) in [7, 11) is 0. The predicted octanol–water partition coefficient (Wildman–Crippen LogP) is 4.36. The summed E-state index contributed by atoms with van der Waals surface area (Å²) in [5.74, 6) is 0. The Labute approximate surface area is 108 Å². The third kappa shape index (κ3) is 2.66. The summed E-state index contributed by atoms with van der Waals surface area (Å²) in [6.45, 7) is 4.16. The molecule has 0 fully saturated rings. The summed E-state index contributed by atoms with van der Waals surface area (Å²) in [6.07, 6.45) is 0.240. The molecule has 0 saturated carbocycles. The van der Waals surface area contributed by atoms with E-state index in [1.54, 1.807) is 11.3 Å². The second kappa shape index (κ2) is 4.88. The van der Waals surface area contributed by atoms with Gasteiger partial charge in [0, 0.05) is 21.1 Å². The lowest BCUT2D eigenvalue weighted by atomic mass is 10.1. The normalized spacial score (nSPS) is 13.0. The molecule has 1 unspecified atom stereocenters. The van der Waals surface area contributed by atoms with Crippen molar-refractivity contribution in [1.29, 1.82) is 0 Å². The molecular formula is C12H13ClOS2. The fourth-order valence-corrected chi connectivity index (χ4v) is 3.67. The lowest BCUT2D eigenvalue weighted by Gasteiger charge is -2.05. The molecule has 0 aromatic carbocycles. The zero-order valence-corrected chi connectivity index (χ0v) is 11.5. The van der Waals surface area contributed by atoms with Crippen LogP contribution < -0.4 is 0 Å². The quantitative estimate of drug-likeness (QED) is 0.880. The number of hydrogen-bond acceptors (Lipinski definition) is 3. The Kier molecular flexibility index (Phi) is 3.70. The molecule has 0 aliphatic carbocycles. The molecule has 1 nitrogen and oxygen atoms in total. The SMILES string of the molecule is Cc1cc(C(O)Cc2ccc(Cl)s2)sc1C.